The van der Waals surface area contributed by atoms with E-state index < -0.39 is 0 Å². The summed E-state index contributed by atoms with van der Waals surface area (Å²) < 4.78 is 23.3. The monoisotopic (exact) mass is 560 g/mol. The van der Waals surface area contributed by atoms with E-state index in [9.17, 15) is 4.79 Å². The minimum absolute atomic E-state index is 0.0450. The van der Waals surface area contributed by atoms with Crippen LogP contribution in [-0.2, 0) is 0 Å². The van der Waals surface area contributed by atoms with Gasteiger partial charge in [-0.25, -0.2) is 0 Å². The van der Waals surface area contributed by atoms with Gasteiger partial charge in [0.25, 0.3) is 0 Å². The quantitative estimate of drug-likeness (QED) is 0.175. The number of benzene rings is 4. The van der Waals surface area contributed by atoms with Crippen LogP contribution < -0.4 is 24.4 Å². The minimum atomic E-state index is -0.0450. The smallest absolute Gasteiger partial charge is 0.195 e. The molecule has 5 rings (SSSR count). The maximum Gasteiger partial charge on any atom is 0.195 e. The largest absolute Gasteiger partial charge is 0.497 e. The van der Waals surface area contributed by atoms with Gasteiger partial charge in [0, 0.05) is 26.1 Å². The average Bonchev–Trinajstić information content (AvgIpc) is 3.03. The van der Waals surface area contributed by atoms with Crippen molar-refractivity contribution in [3.63, 3.8) is 0 Å². The summed E-state index contributed by atoms with van der Waals surface area (Å²) in [6, 6.07) is 32.3. The number of fused-ring (bicyclic) bond motifs is 1. The molecule has 0 atom stereocenters. The molecule has 0 radical (unpaired) electrons. The Labute approximate surface area is 243 Å². The molecule has 1 aromatic heterocycles. The van der Waals surface area contributed by atoms with E-state index in [1.54, 1.807) is 25.6 Å². The van der Waals surface area contributed by atoms with Crippen molar-refractivity contribution in [1.82, 2.24) is 0 Å². The van der Waals surface area contributed by atoms with E-state index in [-0.39, 0.29) is 18.6 Å². The molecule has 0 unspecified atom stereocenters. The highest BCUT2D eigenvalue weighted by Crippen LogP contribution is 2.32. The standard InChI is InChI=1S/C35H28O5S/c1-37-27-14-18-29(19-15-27)39-22-8-9-25(24-40-30-20-16-28(38-2)17-21-30)23-32-34(36)31-12-6-7-13-33(31)41-35(32)26-10-4-3-5-11-26/h3-7,10-21,23H,22,24H2,1-2H3/b25-23+. The lowest BCUT2D eigenvalue weighted by Gasteiger charge is -2.10. The van der Waals surface area contributed by atoms with E-state index >= 15 is 0 Å². The van der Waals surface area contributed by atoms with Gasteiger partial charge in [-0.15, -0.1) is 11.3 Å². The third-order valence-corrected chi connectivity index (χ3v) is 7.50. The number of methoxy groups -OCH3 is 2. The molecule has 0 spiro atoms. The van der Waals surface area contributed by atoms with Gasteiger partial charge in [0.15, 0.2) is 5.43 Å². The molecule has 1 heterocycles. The second kappa shape index (κ2) is 13.4. The van der Waals surface area contributed by atoms with Crippen LogP contribution in [0, 0.1) is 11.8 Å². The number of hydrogen-bond acceptors (Lipinski definition) is 6. The van der Waals surface area contributed by atoms with Crippen molar-refractivity contribution in [3.8, 4) is 45.3 Å². The molecule has 0 fully saturated rings. The molecule has 4 aromatic carbocycles. The van der Waals surface area contributed by atoms with E-state index in [4.69, 9.17) is 18.9 Å². The molecule has 0 bridgehead atoms. The average molecular weight is 561 g/mol. The maximum atomic E-state index is 13.8. The summed E-state index contributed by atoms with van der Waals surface area (Å²) in [6.07, 6.45) is 1.84. The van der Waals surface area contributed by atoms with Crippen molar-refractivity contribution in [3.05, 3.63) is 124 Å². The summed E-state index contributed by atoms with van der Waals surface area (Å²) in [5, 5.41) is 0.676. The predicted octanol–water partition coefficient (Wildman–Crippen LogP) is 7.49. The van der Waals surface area contributed by atoms with Crippen molar-refractivity contribution in [2.45, 2.75) is 0 Å². The molecule has 0 aliphatic carbocycles. The molecule has 0 saturated carbocycles. The van der Waals surface area contributed by atoms with Gasteiger partial charge in [-0.3, -0.25) is 4.79 Å². The first-order valence-electron chi connectivity index (χ1n) is 13.0. The van der Waals surface area contributed by atoms with Crippen LogP contribution in [0.3, 0.4) is 0 Å². The SMILES string of the molecule is COc1ccc(OCC#C/C(=C\c2c(-c3ccccc3)sc3ccccc3c2=O)COc2ccc(OC)cc2)cc1. The minimum Gasteiger partial charge on any atom is -0.497 e. The Morgan fingerprint density at radius 3 is 1.98 bits per heavy atom. The lowest BCUT2D eigenvalue weighted by Crippen LogP contribution is -2.08. The van der Waals surface area contributed by atoms with Crippen molar-refractivity contribution < 1.29 is 18.9 Å². The van der Waals surface area contributed by atoms with E-state index in [0.29, 0.717) is 28.0 Å². The number of ether oxygens (including phenoxy) is 4. The van der Waals surface area contributed by atoms with Gasteiger partial charge in [0.05, 0.1) is 14.2 Å². The van der Waals surface area contributed by atoms with Crippen LogP contribution in [0.2, 0.25) is 0 Å². The first-order chi connectivity index (χ1) is 20.1. The fourth-order valence-electron chi connectivity index (χ4n) is 4.15. The molecular weight excluding hydrogens is 532 g/mol. The molecule has 6 heteroatoms. The zero-order valence-electron chi connectivity index (χ0n) is 22.8. The highest BCUT2D eigenvalue weighted by molar-refractivity contribution is 7.21. The van der Waals surface area contributed by atoms with E-state index in [1.807, 2.05) is 109 Å². The number of rotatable bonds is 9. The Morgan fingerprint density at radius 2 is 1.32 bits per heavy atom. The molecule has 204 valence electrons. The maximum absolute atomic E-state index is 13.8. The molecule has 0 saturated heterocycles. The van der Waals surface area contributed by atoms with Crippen LogP contribution in [0.15, 0.2) is 113 Å². The van der Waals surface area contributed by atoms with Crippen LogP contribution in [0.5, 0.6) is 23.0 Å². The third-order valence-electron chi connectivity index (χ3n) is 6.26. The molecule has 0 aliphatic rings. The fourth-order valence-corrected chi connectivity index (χ4v) is 5.31. The fraction of sp³-hybridized carbons (Fsp3) is 0.114. The molecule has 41 heavy (non-hydrogen) atoms. The summed E-state index contributed by atoms with van der Waals surface area (Å²) in [6.45, 7) is 0.343. The second-order valence-electron chi connectivity index (χ2n) is 8.94. The lowest BCUT2D eigenvalue weighted by atomic mass is 10.0. The lowest BCUT2D eigenvalue weighted by molar-refractivity contribution is 0.355. The van der Waals surface area contributed by atoms with Gasteiger partial charge in [0.2, 0.25) is 0 Å². The topological polar surface area (TPSA) is 54.0 Å². The van der Waals surface area contributed by atoms with E-state index in [1.165, 1.54) is 0 Å². The van der Waals surface area contributed by atoms with Crippen LogP contribution in [-0.4, -0.2) is 27.4 Å². The highest BCUT2D eigenvalue weighted by Gasteiger charge is 2.13. The van der Waals surface area contributed by atoms with Crippen molar-refractivity contribution >= 4 is 27.5 Å². The Bertz CT molecular complexity index is 1760. The predicted molar refractivity (Wildman–Crippen MR) is 166 cm³/mol. The molecule has 0 N–H and O–H groups in total. The number of hydrogen-bond donors (Lipinski definition) is 0. The normalized spacial score (nSPS) is 10.9. The summed E-state index contributed by atoms with van der Waals surface area (Å²) in [4.78, 5) is 14.7. The first kappa shape index (κ1) is 27.6. The first-order valence-corrected chi connectivity index (χ1v) is 13.8. The van der Waals surface area contributed by atoms with Gasteiger partial charge in [-0.2, -0.15) is 0 Å². The van der Waals surface area contributed by atoms with Gasteiger partial charge in [-0.1, -0.05) is 54.3 Å². The third kappa shape index (κ3) is 6.96. The Hall–Kier alpha value is -4.99. The van der Waals surface area contributed by atoms with Gasteiger partial charge in [-0.05, 0) is 72.3 Å². The van der Waals surface area contributed by atoms with Crippen molar-refractivity contribution in [1.29, 1.82) is 0 Å². The van der Waals surface area contributed by atoms with Crippen LogP contribution in [0.4, 0.5) is 0 Å². The molecule has 0 amide bonds. The van der Waals surface area contributed by atoms with Crippen LogP contribution >= 0.6 is 11.3 Å². The van der Waals surface area contributed by atoms with Crippen molar-refractivity contribution in [2.24, 2.45) is 0 Å². The van der Waals surface area contributed by atoms with Gasteiger partial charge >= 0.3 is 0 Å². The summed E-state index contributed by atoms with van der Waals surface area (Å²) >= 11 is 1.59. The van der Waals surface area contributed by atoms with E-state index in [2.05, 4.69) is 11.8 Å². The Kier molecular flexibility index (Phi) is 9.00. The zero-order valence-corrected chi connectivity index (χ0v) is 23.6. The summed E-state index contributed by atoms with van der Waals surface area (Å²) in [5.41, 5.74) is 2.16. The van der Waals surface area contributed by atoms with Gasteiger partial charge < -0.3 is 18.9 Å². The van der Waals surface area contributed by atoms with Crippen LogP contribution in [0.25, 0.3) is 26.6 Å². The molecule has 5 aromatic rings. The molecule has 0 aliphatic heterocycles. The summed E-state index contributed by atoms with van der Waals surface area (Å²) in [7, 11) is 3.24. The molecule has 5 nitrogen and oxygen atoms in total. The zero-order chi connectivity index (χ0) is 28.4. The second-order valence-corrected chi connectivity index (χ2v) is 9.99. The van der Waals surface area contributed by atoms with Gasteiger partial charge in [0.1, 0.15) is 36.2 Å². The Balaban J connectivity index is 1.51. The Morgan fingerprint density at radius 1 is 0.732 bits per heavy atom. The van der Waals surface area contributed by atoms with Crippen LogP contribution in [0.1, 0.15) is 5.56 Å². The van der Waals surface area contributed by atoms with Crippen molar-refractivity contribution in [2.75, 3.05) is 27.4 Å². The summed E-state index contributed by atoms with van der Waals surface area (Å²) in [5.74, 6) is 9.11. The molecular formula is C35H28O5S. The highest BCUT2D eigenvalue weighted by atomic mass is 32.1. The van der Waals surface area contributed by atoms with E-state index in [0.717, 1.165) is 26.6 Å².